The number of hydrogen-bond acceptors (Lipinski definition) is 7. The van der Waals surface area contributed by atoms with Crippen molar-refractivity contribution < 1.29 is 9.15 Å². The average Bonchev–Trinajstić information content (AvgIpc) is 3.23. The van der Waals surface area contributed by atoms with Crippen molar-refractivity contribution in [3.8, 4) is 5.75 Å². The smallest absolute Gasteiger partial charge is 0.260 e. The van der Waals surface area contributed by atoms with Gasteiger partial charge >= 0.3 is 0 Å². The molecule has 0 saturated carbocycles. The number of fused-ring (bicyclic) bond motifs is 1. The van der Waals surface area contributed by atoms with E-state index in [0.717, 1.165) is 11.4 Å². The summed E-state index contributed by atoms with van der Waals surface area (Å²) < 4.78 is 12.3. The van der Waals surface area contributed by atoms with Crippen LogP contribution >= 0.6 is 0 Å². The number of benzene rings is 1. The van der Waals surface area contributed by atoms with Crippen molar-refractivity contribution in [1.82, 2.24) is 9.55 Å². The van der Waals surface area contributed by atoms with E-state index in [4.69, 9.17) is 9.15 Å². The van der Waals surface area contributed by atoms with Crippen LogP contribution in [0.1, 0.15) is 30.1 Å². The van der Waals surface area contributed by atoms with E-state index in [1.165, 1.54) is 4.57 Å². The Kier molecular flexibility index (Phi) is 4.60. The number of furan rings is 1. The molecule has 0 fully saturated rings. The molecule has 2 aromatic heterocycles. The quantitative estimate of drug-likeness (QED) is 0.723. The number of ether oxygens (including phenoxy) is 1. The van der Waals surface area contributed by atoms with Crippen LogP contribution in [0.15, 0.2) is 56.9 Å². The maximum Gasteiger partial charge on any atom is 0.260 e. The van der Waals surface area contributed by atoms with Crippen LogP contribution in [-0.4, -0.2) is 22.6 Å². The van der Waals surface area contributed by atoms with Gasteiger partial charge in [0.2, 0.25) is 11.9 Å². The van der Waals surface area contributed by atoms with Crippen molar-refractivity contribution in [3.05, 3.63) is 70.0 Å². The number of aromatic nitrogens is 2. The van der Waals surface area contributed by atoms with Gasteiger partial charge in [-0.2, -0.15) is 0 Å². The lowest BCUT2D eigenvalue weighted by atomic mass is 10.2. The molecule has 2 N–H and O–H groups in total. The summed E-state index contributed by atoms with van der Waals surface area (Å²) in [7, 11) is 1.62. The van der Waals surface area contributed by atoms with Crippen molar-refractivity contribution in [1.29, 1.82) is 0 Å². The third-order valence-electron chi connectivity index (χ3n) is 4.65. The molecule has 0 aliphatic carbocycles. The first-order valence-corrected chi connectivity index (χ1v) is 9.02. The summed E-state index contributed by atoms with van der Waals surface area (Å²) in [6.07, 6.45) is 1.53. The van der Waals surface area contributed by atoms with Crippen LogP contribution in [0.4, 0.5) is 11.6 Å². The summed E-state index contributed by atoms with van der Waals surface area (Å²) in [6.45, 7) is 3.78. The zero-order chi connectivity index (χ0) is 19.7. The van der Waals surface area contributed by atoms with Gasteiger partial charge in [-0.3, -0.25) is 10.1 Å². The van der Waals surface area contributed by atoms with Gasteiger partial charge < -0.3 is 14.5 Å². The van der Waals surface area contributed by atoms with E-state index in [1.54, 1.807) is 25.5 Å². The molecular formula is C20H21N5O3. The zero-order valence-corrected chi connectivity index (χ0v) is 15.9. The van der Waals surface area contributed by atoms with E-state index in [2.05, 4.69) is 20.6 Å². The molecule has 0 bridgehead atoms. The summed E-state index contributed by atoms with van der Waals surface area (Å²) in [5, 5.41) is 6.34. The molecule has 8 nitrogen and oxygen atoms in total. The fourth-order valence-electron chi connectivity index (χ4n) is 3.22. The SMILES string of the molecule is CCc1c(C)nc2n(c1=O)[C@@H](c1ccco1)N=C(Nc1ccc(OC)cc1)N2. The Hall–Kier alpha value is -3.55. The number of anilines is 2. The number of aryl methyl sites for hydroxylation is 1. The van der Waals surface area contributed by atoms with Crippen LogP contribution in [0, 0.1) is 6.92 Å². The lowest BCUT2D eigenvalue weighted by Crippen LogP contribution is -2.39. The molecule has 4 rings (SSSR count). The molecule has 0 saturated heterocycles. The summed E-state index contributed by atoms with van der Waals surface area (Å²) >= 11 is 0. The highest BCUT2D eigenvalue weighted by atomic mass is 16.5. The van der Waals surface area contributed by atoms with Crippen molar-refractivity contribution >= 4 is 17.6 Å². The molecule has 28 heavy (non-hydrogen) atoms. The highest BCUT2D eigenvalue weighted by Gasteiger charge is 2.28. The summed E-state index contributed by atoms with van der Waals surface area (Å²) in [4.78, 5) is 22.3. The van der Waals surface area contributed by atoms with Gasteiger partial charge in [-0.1, -0.05) is 6.92 Å². The number of rotatable bonds is 4. The standard InChI is InChI=1S/C20H21N5O3/c1-4-15-12(2)21-20-24-19(22-13-7-9-14(27-3)10-8-13)23-17(25(20)18(15)26)16-6-5-11-28-16/h5-11,17H,4H2,1-3H3,(H2,21,22,23,24)/t17-/m0/s1. The summed E-state index contributed by atoms with van der Waals surface area (Å²) in [5.41, 5.74) is 2.08. The molecule has 3 heterocycles. The number of hydrogen-bond donors (Lipinski definition) is 2. The Balaban J connectivity index is 1.76. The monoisotopic (exact) mass is 379 g/mol. The maximum atomic E-state index is 13.0. The third-order valence-corrected chi connectivity index (χ3v) is 4.65. The average molecular weight is 379 g/mol. The van der Waals surface area contributed by atoms with E-state index in [-0.39, 0.29) is 5.56 Å². The van der Waals surface area contributed by atoms with Gasteiger partial charge in [0.15, 0.2) is 6.17 Å². The van der Waals surface area contributed by atoms with Gasteiger partial charge in [0.05, 0.1) is 13.4 Å². The molecule has 0 unspecified atom stereocenters. The van der Waals surface area contributed by atoms with Gasteiger partial charge in [-0.05, 0) is 49.7 Å². The van der Waals surface area contributed by atoms with Gasteiger partial charge in [0.25, 0.3) is 5.56 Å². The largest absolute Gasteiger partial charge is 0.497 e. The second-order valence-electron chi connectivity index (χ2n) is 6.37. The highest BCUT2D eigenvalue weighted by molar-refractivity contribution is 6.03. The minimum absolute atomic E-state index is 0.119. The Morgan fingerprint density at radius 3 is 2.71 bits per heavy atom. The molecule has 144 valence electrons. The van der Waals surface area contributed by atoms with Gasteiger partial charge in [0.1, 0.15) is 11.5 Å². The van der Waals surface area contributed by atoms with Gasteiger partial charge in [-0.15, -0.1) is 0 Å². The van der Waals surface area contributed by atoms with E-state index in [9.17, 15) is 4.79 Å². The topological polar surface area (TPSA) is 93.7 Å². The van der Waals surface area contributed by atoms with E-state index in [0.29, 0.717) is 35.3 Å². The van der Waals surface area contributed by atoms with Crippen molar-refractivity contribution in [2.75, 3.05) is 17.7 Å². The molecule has 1 aliphatic rings. The maximum absolute atomic E-state index is 13.0. The van der Waals surface area contributed by atoms with Crippen LogP contribution < -0.4 is 20.9 Å². The molecule has 0 spiro atoms. The molecule has 1 aromatic carbocycles. The number of nitrogens with one attached hydrogen (secondary N) is 2. The Morgan fingerprint density at radius 2 is 2.07 bits per heavy atom. The van der Waals surface area contributed by atoms with E-state index >= 15 is 0 Å². The predicted molar refractivity (Wildman–Crippen MR) is 107 cm³/mol. The van der Waals surface area contributed by atoms with Gasteiger partial charge in [0, 0.05) is 16.9 Å². The highest BCUT2D eigenvalue weighted by Crippen LogP contribution is 2.27. The predicted octanol–water partition coefficient (Wildman–Crippen LogP) is 3.16. The molecule has 0 radical (unpaired) electrons. The first-order chi connectivity index (χ1) is 13.6. The second kappa shape index (κ2) is 7.22. The van der Waals surface area contributed by atoms with E-state index < -0.39 is 6.17 Å². The Morgan fingerprint density at radius 1 is 1.29 bits per heavy atom. The normalized spacial score (nSPS) is 15.4. The fraction of sp³-hybridized carbons (Fsp3) is 0.250. The van der Waals surface area contributed by atoms with E-state index in [1.807, 2.05) is 38.1 Å². The molecule has 0 amide bonds. The lowest BCUT2D eigenvalue weighted by molar-refractivity contribution is 0.415. The lowest BCUT2D eigenvalue weighted by Gasteiger charge is -2.26. The molecule has 1 aliphatic heterocycles. The number of nitrogens with zero attached hydrogens (tertiary/aromatic N) is 3. The van der Waals surface area contributed by atoms with Gasteiger partial charge in [-0.25, -0.2) is 14.5 Å². The number of aliphatic imine (C=N–C) groups is 1. The van der Waals surface area contributed by atoms with Crippen LogP contribution in [0.5, 0.6) is 5.75 Å². The third kappa shape index (κ3) is 3.13. The minimum Gasteiger partial charge on any atom is -0.497 e. The second-order valence-corrected chi connectivity index (χ2v) is 6.37. The summed E-state index contributed by atoms with van der Waals surface area (Å²) in [6, 6.07) is 11.0. The Bertz CT molecular complexity index is 1070. The molecule has 3 aromatic rings. The molecular weight excluding hydrogens is 358 g/mol. The van der Waals surface area contributed by atoms with Crippen LogP contribution in [0.2, 0.25) is 0 Å². The van der Waals surface area contributed by atoms with Crippen LogP contribution in [0.25, 0.3) is 0 Å². The first kappa shape index (κ1) is 17.8. The number of guanidine groups is 1. The van der Waals surface area contributed by atoms with Crippen LogP contribution in [0.3, 0.4) is 0 Å². The van der Waals surface area contributed by atoms with Crippen molar-refractivity contribution in [2.24, 2.45) is 4.99 Å². The Labute approximate surface area is 161 Å². The fourth-order valence-corrected chi connectivity index (χ4v) is 3.22. The first-order valence-electron chi connectivity index (χ1n) is 9.02. The number of methoxy groups -OCH3 is 1. The molecule has 1 atom stereocenters. The van der Waals surface area contributed by atoms with Crippen molar-refractivity contribution in [3.63, 3.8) is 0 Å². The van der Waals surface area contributed by atoms with Crippen LogP contribution in [-0.2, 0) is 6.42 Å². The summed E-state index contributed by atoms with van der Waals surface area (Å²) in [5.74, 6) is 2.22. The molecule has 8 heteroatoms. The van der Waals surface area contributed by atoms with Crippen molar-refractivity contribution in [2.45, 2.75) is 26.4 Å². The zero-order valence-electron chi connectivity index (χ0n) is 15.9. The minimum atomic E-state index is -0.641.